The number of esters is 2. The summed E-state index contributed by atoms with van der Waals surface area (Å²) >= 11 is 0. The fourth-order valence-corrected chi connectivity index (χ4v) is 1.20. The van der Waals surface area contributed by atoms with Crippen molar-refractivity contribution in [2.75, 3.05) is 0 Å². The van der Waals surface area contributed by atoms with Gasteiger partial charge in [-0.25, -0.2) is 9.59 Å². The third kappa shape index (κ3) is 4.08. The summed E-state index contributed by atoms with van der Waals surface area (Å²) in [5.41, 5.74) is 0.261. The van der Waals surface area contributed by atoms with Crippen molar-refractivity contribution in [2.45, 2.75) is 33.0 Å². The van der Waals surface area contributed by atoms with Gasteiger partial charge in [0.2, 0.25) is 0 Å². The largest absolute Gasteiger partial charge is 0.508 e. The van der Waals surface area contributed by atoms with E-state index in [-0.39, 0.29) is 17.4 Å². The Bertz CT molecular complexity index is 422. The first-order valence-corrected chi connectivity index (χ1v) is 5.60. The van der Waals surface area contributed by atoms with Crippen LogP contribution in [0.1, 0.15) is 31.1 Å². The molecule has 0 aliphatic rings. The first-order valence-electron chi connectivity index (χ1n) is 5.60. The van der Waals surface area contributed by atoms with Crippen LogP contribution in [0.5, 0.6) is 5.75 Å². The number of hydrogen-bond donors (Lipinski definition) is 1. The Balaban J connectivity index is 2.59. The van der Waals surface area contributed by atoms with Gasteiger partial charge in [-0.05, 0) is 45.0 Å². The Morgan fingerprint density at radius 1 is 1.06 bits per heavy atom. The lowest BCUT2D eigenvalue weighted by Gasteiger charge is -2.14. The molecule has 0 saturated carbocycles. The van der Waals surface area contributed by atoms with Crippen molar-refractivity contribution < 1.29 is 24.2 Å². The fourth-order valence-electron chi connectivity index (χ4n) is 1.20. The molecular formula is C13H16O5. The highest BCUT2D eigenvalue weighted by atomic mass is 16.6. The molecule has 1 aromatic rings. The maximum Gasteiger partial charge on any atom is 0.347 e. The van der Waals surface area contributed by atoms with Crippen LogP contribution in [-0.2, 0) is 14.3 Å². The highest BCUT2D eigenvalue weighted by molar-refractivity contribution is 5.91. The summed E-state index contributed by atoms with van der Waals surface area (Å²) in [7, 11) is 0. The predicted molar refractivity (Wildman–Crippen MR) is 64.2 cm³/mol. The SMILES string of the molecule is CC(C)OC(=O)[C@H](C)OC(=O)c1ccc(O)cc1. The van der Waals surface area contributed by atoms with Crippen LogP contribution < -0.4 is 0 Å². The van der Waals surface area contributed by atoms with E-state index in [0.717, 1.165) is 0 Å². The van der Waals surface area contributed by atoms with Gasteiger partial charge in [0, 0.05) is 0 Å². The van der Waals surface area contributed by atoms with E-state index in [0.29, 0.717) is 0 Å². The summed E-state index contributed by atoms with van der Waals surface area (Å²) in [5.74, 6) is -1.17. The Morgan fingerprint density at radius 2 is 1.61 bits per heavy atom. The van der Waals surface area contributed by atoms with Crippen LogP contribution in [0.3, 0.4) is 0 Å². The quantitative estimate of drug-likeness (QED) is 0.828. The highest BCUT2D eigenvalue weighted by Gasteiger charge is 2.21. The van der Waals surface area contributed by atoms with Gasteiger partial charge in [0.05, 0.1) is 11.7 Å². The molecule has 0 bridgehead atoms. The van der Waals surface area contributed by atoms with E-state index in [1.807, 2.05) is 0 Å². The topological polar surface area (TPSA) is 72.8 Å². The second kappa shape index (κ2) is 6.05. The number of carbonyl (C=O) groups is 2. The third-order valence-electron chi connectivity index (χ3n) is 2.07. The Kier molecular flexibility index (Phi) is 4.71. The van der Waals surface area contributed by atoms with Gasteiger partial charge in [0.1, 0.15) is 5.75 Å². The molecule has 0 heterocycles. The molecule has 1 N–H and O–H groups in total. The molecule has 18 heavy (non-hydrogen) atoms. The lowest BCUT2D eigenvalue weighted by Crippen LogP contribution is -2.28. The number of benzene rings is 1. The van der Waals surface area contributed by atoms with Gasteiger partial charge in [-0.1, -0.05) is 0 Å². The summed E-state index contributed by atoms with van der Waals surface area (Å²) in [6, 6.07) is 5.57. The van der Waals surface area contributed by atoms with Crippen LogP contribution in [0, 0.1) is 0 Å². The van der Waals surface area contributed by atoms with Gasteiger partial charge in [0.15, 0.2) is 6.10 Å². The molecule has 5 heteroatoms. The maximum atomic E-state index is 11.6. The molecule has 0 saturated heterocycles. The summed E-state index contributed by atoms with van der Waals surface area (Å²) < 4.78 is 9.86. The second-order valence-corrected chi connectivity index (χ2v) is 4.08. The summed E-state index contributed by atoms with van der Waals surface area (Å²) in [6.07, 6.45) is -1.22. The number of hydrogen-bond acceptors (Lipinski definition) is 5. The van der Waals surface area contributed by atoms with E-state index < -0.39 is 18.0 Å². The van der Waals surface area contributed by atoms with Crippen molar-refractivity contribution in [2.24, 2.45) is 0 Å². The van der Waals surface area contributed by atoms with E-state index in [2.05, 4.69) is 0 Å². The van der Waals surface area contributed by atoms with Crippen molar-refractivity contribution >= 4 is 11.9 Å². The van der Waals surface area contributed by atoms with Gasteiger partial charge in [-0.15, -0.1) is 0 Å². The van der Waals surface area contributed by atoms with Gasteiger partial charge < -0.3 is 14.6 Å². The van der Waals surface area contributed by atoms with Crippen LogP contribution in [0.4, 0.5) is 0 Å². The molecule has 0 unspecified atom stereocenters. The van der Waals surface area contributed by atoms with Crippen molar-refractivity contribution in [3.05, 3.63) is 29.8 Å². The molecule has 1 atom stereocenters. The Labute approximate surface area is 105 Å². The molecule has 0 aliphatic heterocycles. The molecule has 1 aromatic carbocycles. The first kappa shape index (κ1) is 14.0. The summed E-state index contributed by atoms with van der Waals surface area (Å²) in [4.78, 5) is 23.1. The minimum absolute atomic E-state index is 0.0545. The van der Waals surface area contributed by atoms with Crippen LogP contribution in [0.25, 0.3) is 0 Å². The fraction of sp³-hybridized carbons (Fsp3) is 0.385. The number of ether oxygens (including phenoxy) is 2. The number of carbonyl (C=O) groups excluding carboxylic acids is 2. The minimum Gasteiger partial charge on any atom is -0.508 e. The van der Waals surface area contributed by atoms with Crippen molar-refractivity contribution in [3.8, 4) is 5.75 Å². The van der Waals surface area contributed by atoms with E-state index in [1.54, 1.807) is 13.8 Å². The molecule has 0 amide bonds. The zero-order valence-corrected chi connectivity index (χ0v) is 10.5. The van der Waals surface area contributed by atoms with Gasteiger partial charge in [0.25, 0.3) is 0 Å². The van der Waals surface area contributed by atoms with Crippen LogP contribution in [0.2, 0.25) is 0 Å². The molecule has 1 rings (SSSR count). The van der Waals surface area contributed by atoms with Crippen molar-refractivity contribution in [1.82, 2.24) is 0 Å². The summed E-state index contributed by atoms with van der Waals surface area (Å²) in [5, 5.41) is 9.08. The Morgan fingerprint density at radius 3 is 2.11 bits per heavy atom. The van der Waals surface area contributed by atoms with Crippen LogP contribution in [0.15, 0.2) is 24.3 Å². The number of aromatic hydroxyl groups is 1. The van der Waals surface area contributed by atoms with E-state index >= 15 is 0 Å². The number of rotatable bonds is 4. The monoisotopic (exact) mass is 252 g/mol. The lowest BCUT2D eigenvalue weighted by molar-refractivity contribution is -0.156. The van der Waals surface area contributed by atoms with Crippen LogP contribution >= 0.6 is 0 Å². The number of phenols is 1. The average Bonchev–Trinajstić information content (AvgIpc) is 2.28. The smallest absolute Gasteiger partial charge is 0.347 e. The van der Waals surface area contributed by atoms with Gasteiger partial charge in [-0.2, -0.15) is 0 Å². The first-order chi connectivity index (χ1) is 8.40. The van der Waals surface area contributed by atoms with E-state index in [1.165, 1.54) is 31.2 Å². The van der Waals surface area contributed by atoms with Crippen molar-refractivity contribution in [3.63, 3.8) is 0 Å². The van der Waals surface area contributed by atoms with Gasteiger partial charge >= 0.3 is 11.9 Å². The van der Waals surface area contributed by atoms with E-state index in [4.69, 9.17) is 14.6 Å². The summed E-state index contributed by atoms with van der Waals surface area (Å²) in [6.45, 7) is 4.88. The molecular weight excluding hydrogens is 236 g/mol. The molecule has 0 aromatic heterocycles. The molecule has 0 spiro atoms. The van der Waals surface area contributed by atoms with Gasteiger partial charge in [-0.3, -0.25) is 0 Å². The highest BCUT2D eigenvalue weighted by Crippen LogP contribution is 2.11. The number of phenolic OH excluding ortho intramolecular Hbond substituents is 1. The lowest BCUT2D eigenvalue weighted by atomic mass is 10.2. The molecule has 98 valence electrons. The normalized spacial score (nSPS) is 12.0. The molecule has 0 radical (unpaired) electrons. The van der Waals surface area contributed by atoms with Crippen molar-refractivity contribution in [1.29, 1.82) is 0 Å². The third-order valence-corrected chi connectivity index (χ3v) is 2.07. The second-order valence-electron chi connectivity index (χ2n) is 4.08. The molecule has 0 fully saturated rings. The molecule has 0 aliphatic carbocycles. The molecule has 5 nitrogen and oxygen atoms in total. The Hall–Kier alpha value is -2.04. The standard InChI is InChI=1S/C13H16O5/c1-8(2)17-12(15)9(3)18-13(16)10-4-6-11(14)7-5-10/h4-9,14H,1-3H3/t9-/m0/s1. The van der Waals surface area contributed by atoms with E-state index in [9.17, 15) is 9.59 Å². The average molecular weight is 252 g/mol. The maximum absolute atomic E-state index is 11.6. The zero-order chi connectivity index (χ0) is 13.7. The predicted octanol–water partition coefficient (Wildman–Crippen LogP) is 1.89. The minimum atomic E-state index is -0.964. The van der Waals surface area contributed by atoms with Crippen LogP contribution in [-0.4, -0.2) is 29.3 Å². The zero-order valence-electron chi connectivity index (χ0n) is 10.5.